The molecule has 0 bridgehead atoms. The number of nitrogens with zero attached hydrogens (tertiary/aromatic N) is 1. The van der Waals surface area contributed by atoms with Crippen molar-refractivity contribution in [1.82, 2.24) is 4.98 Å². The Balaban J connectivity index is 2.05. The topological polar surface area (TPSA) is 42.4 Å². The minimum atomic E-state index is 0.0324. The molecule has 0 saturated heterocycles. The molecule has 0 unspecified atom stereocenters. The zero-order valence-corrected chi connectivity index (χ0v) is 10.7. The molecule has 3 nitrogen and oxygen atoms in total. The molecule has 0 spiro atoms. The highest BCUT2D eigenvalue weighted by Gasteiger charge is 1.96. The third-order valence-corrected chi connectivity index (χ3v) is 2.73. The first-order chi connectivity index (χ1) is 8.36. The zero-order valence-electron chi connectivity index (χ0n) is 10.7. The van der Waals surface area contributed by atoms with E-state index in [2.05, 4.69) is 11.9 Å². The van der Waals surface area contributed by atoms with Crippen LogP contribution in [0.5, 0.6) is 5.88 Å². The van der Waals surface area contributed by atoms with E-state index in [0.717, 1.165) is 18.6 Å². The van der Waals surface area contributed by atoms with Crippen LogP contribution in [-0.4, -0.2) is 16.7 Å². The van der Waals surface area contributed by atoms with E-state index in [1.54, 1.807) is 6.20 Å². The first-order valence-corrected chi connectivity index (χ1v) is 6.55. The van der Waals surface area contributed by atoms with E-state index in [9.17, 15) is 0 Å². The smallest absolute Gasteiger partial charge is 0.213 e. The summed E-state index contributed by atoms with van der Waals surface area (Å²) < 4.78 is 5.52. The molecule has 1 aromatic heterocycles. The normalized spacial score (nSPS) is 10.5. The van der Waals surface area contributed by atoms with Crippen LogP contribution >= 0.6 is 0 Å². The fraction of sp³-hybridized carbons (Fsp3) is 0.643. The van der Waals surface area contributed by atoms with E-state index in [1.165, 1.54) is 32.1 Å². The van der Waals surface area contributed by atoms with Gasteiger partial charge in [-0.25, -0.2) is 4.98 Å². The average Bonchev–Trinajstić information content (AvgIpc) is 2.38. The van der Waals surface area contributed by atoms with Crippen LogP contribution in [0.2, 0.25) is 0 Å². The number of ether oxygens (including phenoxy) is 1. The van der Waals surface area contributed by atoms with E-state index in [1.807, 2.05) is 12.1 Å². The maximum absolute atomic E-state index is 8.86. The van der Waals surface area contributed by atoms with Gasteiger partial charge in [-0.2, -0.15) is 0 Å². The average molecular weight is 237 g/mol. The van der Waals surface area contributed by atoms with Crippen LogP contribution in [0.15, 0.2) is 18.3 Å². The number of aliphatic hydroxyl groups is 1. The number of aromatic nitrogens is 1. The van der Waals surface area contributed by atoms with Crippen molar-refractivity contribution < 1.29 is 9.84 Å². The van der Waals surface area contributed by atoms with Gasteiger partial charge < -0.3 is 9.84 Å². The van der Waals surface area contributed by atoms with Gasteiger partial charge in [0.1, 0.15) is 0 Å². The maximum Gasteiger partial charge on any atom is 0.213 e. The molecule has 0 saturated carbocycles. The summed E-state index contributed by atoms with van der Waals surface area (Å²) in [7, 11) is 0. The summed E-state index contributed by atoms with van der Waals surface area (Å²) in [5.74, 6) is 0.649. The lowest BCUT2D eigenvalue weighted by Crippen LogP contribution is -1.99. The van der Waals surface area contributed by atoms with Crippen molar-refractivity contribution in [2.45, 2.75) is 52.1 Å². The molecule has 0 aliphatic carbocycles. The second-order valence-electron chi connectivity index (χ2n) is 4.28. The van der Waals surface area contributed by atoms with Gasteiger partial charge in [0.15, 0.2) is 0 Å². The molecular formula is C14H23NO2. The summed E-state index contributed by atoms with van der Waals surface area (Å²) in [4.78, 5) is 4.11. The van der Waals surface area contributed by atoms with Gasteiger partial charge in [0.05, 0.1) is 13.2 Å². The quantitative estimate of drug-likeness (QED) is 0.670. The summed E-state index contributed by atoms with van der Waals surface area (Å²) in [6.45, 7) is 2.99. The Morgan fingerprint density at radius 1 is 1.12 bits per heavy atom. The van der Waals surface area contributed by atoms with Crippen LogP contribution in [0, 0.1) is 0 Å². The van der Waals surface area contributed by atoms with Crippen molar-refractivity contribution in [3.05, 3.63) is 23.9 Å². The highest BCUT2D eigenvalue weighted by Crippen LogP contribution is 2.09. The van der Waals surface area contributed by atoms with Crippen LogP contribution < -0.4 is 4.74 Å². The van der Waals surface area contributed by atoms with Crippen molar-refractivity contribution in [1.29, 1.82) is 0 Å². The lowest BCUT2D eigenvalue weighted by molar-refractivity contribution is 0.278. The molecule has 0 amide bonds. The third-order valence-electron chi connectivity index (χ3n) is 2.73. The minimum Gasteiger partial charge on any atom is -0.478 e. The Bertz CT molecular complexity index is 285. The second-order valence-corrected chi connectivity index (χ2v) is 4.28. The van der Waals surface area contributed by atoms with Crippen LogP contribution in [0.1, 0.15) is 51.0 Å². The van der Waals surface area contributed by atoms with Gasteiger partial charge in [-0.15, -0.1) is 0 Å². The Hall–Kier alpha value is -1.09. The van der Waals surface area contributed by atoms with Gasteiger partial charge in [-0.1, -0.05) is 39.0 Å². The third kappa shape index (κ3) is 6.27. The van der Waals surface area contributed by atoms with Crippen LogP contribution in [0.25, 0.3) is 0 Å². The molecule has 3 heteroatoms. The number of pyridine rings is 1. The summed E-state index contributed by atoms with van der Waals surface area (Å²) in [5, 5.41) is 8.86. The van der Waals surface area contributed by atoms with Gasteiger partial charge in [0.2, 0.25) is 5.88 Å². The highest BCUT2D eigenvalue weighted by atomic mass is 16.5. The van der Waals surface area contributed by atoms with Gasteiger partial charge in [-0.3, -0.25) is 0 Å². The van der Waals surface area contributed by atoms with Crippen molar-refractivity contribution in [2.24, 2.45) is 0 Å². The molecule has 1 heterocycles. The van der Waals surface area contributed by atoms with Crippen LogP contribution in [0.4, 0.5) is 0 Å². The molecule has 1 N–H and O–H groups in total. The highest BCUT2D eigenvalue weighted by molar-refractivity contribution is 5.16. The summed E-state index contributed by atoms with van der Waals surface area (Å²) >= 11 is 0. The van der Waals surface area contributed by atoms with Gasteiger partial charge in [-0.05, 0) is 18.1 Å². The Morgan fingerprint density at radius 3 is 2.53 bits per heavy atom. The predicted molar refractivity (Wildman–Crippen MR) is 69.0 cm³/mol. The van der Waals surface area contributed by atoms with Crippen LogP contribution in [-0.2, 0) is 6.61 Å². The van der Waals surface area contributed by atoms with E-state index in [4.69, 9.17) is 9.84 Å². The van der Waals surface area contributed by atoms with Gasteiger partial charge >= 0.3 is 0 Å². The second kappa shape index (κ2) is 8.99. The number of aliphatic hydroxyl groups excluding tert-OH is 1. The van der Waals surface area contributed by atoms with Crippen LogP contribution in [0.3, 0.4) is 0 Å². The molecule has 0 radical (unpaired) electrons. The molecule has 0 aromatic carbocycles. The van der Waals surface area contributed by atoms with Gasteiger partial charge in [0.25, 0.3) is 0 Å². The Morgan fingerprint density at radius 2 is 1.88 bits per heavy atom. The number of hydrogen-bond donors (Lipinski definition) is 1. The van der Waals surface area contributed by atoms with Crippen molar-refractivity contribution in [3.8, 4) is 5.88 Å². The van der Waals surface area contributed by atoms with Crippen molar-refractivity contribution >= 4 is 0 Å². The zero-order chi connectivity index (χ0) is 12.3. The van der Waals surface area contributed by atoms with E-state index >= 15 is 0 Å². The Labute approximate surface area is 104 Å². The fourth-order valence-corrected chi connectivity index (χ4v) is 1.65. The van der Waals surface area contributed by atoms with Gasteiger partial charge in [0, 0.05) is 12.3 Å². The standard InChI is InChI=1S/C14H23NO2/c1-2-3-4-5-6-7-10-17-14-9-8-13(12-16)11-15-14/h8-9,11,16H,2-7,10,12H2,1H3. The monoisotopic (exact) mass is 237 g/mol. The summed E-state index contributed by atoms with van der Waals surface area (Å²) in [6, 6.07) is 3.65. The molecular weight excluding hydrogens is 214 g/mol. The first-order valence-electron chi connectivity index (χ1n) is 6.55. The number of rotatable bonds is 9. The molecule has 1 aromatic rings. The van der Waals surface area contributed by atoms with E-state index in [0.29, 0.717) is 5.88 Å². The molecule has 96 valence electrons. The predicted octanol–water partition coefficient (Wildman–Crippen LogP) is 3.31. The summed E-state index contributed by atoms with van der Waals surface area (Å²) in [5.41, 5.74) is 0.817. The largest absolute Gasteiger partial charge is 0.478 e. The van der Waals surface area contributed by atoms with E-state index < -0.39 is 0 Å². The molecule has 0 aliphatic heterocycles. The lowest BCUT2D eigenvalue weighted by Gasteiger charge is -2.05. The SMILES string of the molecule is CCCCCCCCOc1ccc(CO)cn1. The maximum atomic E-state index is 8.86. The Kier molecular flexibility index (Phi) is 7.39. The minimum absolute atomic E-state index is 0.0324. The summed E-state index contributed by atoms with van der Waals surface area (Å²) in [6.07, 6.45) is 9.23. The fourth-order valence-electron chi connectivity index (χ4n) is 1.65. The molecule has 0 fully saturated rings. The molecule has 17 heavy (non-hydrogen) atoms. The molecule has 0 aliphatic rings. The van der Waals surface area contributed by atoms with E-state index in [-0.39, 0.29) is 6.61 Å². The first kappa shape index (κ1) is 14.0. The van der Waals surface area contributed by atoms with Crippen molar-refractivity contribution in [3.63, 3.8) is 0 Å². The number of hydrogen-bond acceptors (Lipinski definition) is 3. The molecule has 0 atom stereocenters. The number of unbranched alkanes of at least 4 members (excludes halogenated alkanes) is 5. The van der Waals surface area contributed by atoms with Crippen molar-refractivity contribution in [2.75, 3.05) is 6.61 Å². The molecule has 1 rings (SSSR count). The lowest BCUT2D eigenvalue weighted by atomic mass is 10.1.